The normalized spacial score (nSPS) is 15.9. The van der Waals surface area contributed by atoms with Crippen molar-refractivity contribution in [3.05, 3.63) is 22.4 Å². The summed E-state index contributed by atoms with van der Waals surface area (Å²) in [6.07, 6.45) is 3.78. The minimum absolute atomic E-state index is 0. The Bertz CT molecular complexity index is 484. The summed E-state index contributed by atoms with van der Waals surface area (Å²) in [5.41, 5.74) is 1.37. The second kappa shape index (κ2) is 10.9. The molecule has 2 N–H and O–H groups in total. The van der Waals surface area contributed by atoms with E-state index in [0.717, 1.165) is 44.9 Å². The van der Waals surface area contributed by atoms with E-state index in [1.807, 2.05) is 7.05 Å². The minimum atomic E-state index is 0. The van der Waals surface area contributed by atoms with Gasteiger partial charge in [0.1, 0.15) is 0 Å². The second-order valence-corrected chi connectivity index (χ2v) is 6.44. The maximum absolute atomic E-state index is 11.4. The molecule has 1 fully saturated rings. The summed E-state index contributed by atoms with van der Waals surface area (Å²) in [6, 6.07) is 2.17. The van der Waals surface area contributed by atoms with Gasteiger partial charge in [-0.1, -0.05) is 0 Å². The first kappa shape index (κ1) is 20.2. The molecule has 0 aliphatic carbocycles. The summed E-state index contributed by atoms with van der Waals surface area (Å²) in [5.74, 6) is 1.63. The van der Waals surface area contributed by atoms with E-state index in [9.17, 15) is 4.79 Å². The third-order valence-electron chi connectivity index (χ3n) is 4.16. The highest BCUT2D eigenvalue weighted by atomic mass is 127. The van der Waals surface area contributed by atoms with Gasteiger partial charge in [-0.15, -0.1) is 24.0 Å². The van der Waals surface area contributed by atoms with Crippen molar-refractivity contribution in [1.29, 1.82) is 0 Å². The number of guanidine groups is 1. The molecule has 0 saturated carbocycles. The SMILES string of the molecule is CN=C(NCCc1ccsc1)N1CCC(CC(=O)NC)CC1.I. The van der Waals surface area contributed by atoms with E-state index in [2.05, 4.69) is 37.4 Å². The monoisotopic (exact) mass is 450 g/mol. The van der Waals surface area contributed by atoms with Crippen molar-refractivity contribution in [1.82, 2.24) is 15.5 Å². The lowest BCUT2D eigenvalue weighted by Gasteiger charge is -2.34. The maximum Gasteiger partial charge on any atom is 0.220 e. The van der Waals surface area contributed by atoms with Crippen LogP contribution in [0.5, 0.6) is 0 Å². The average Bonchev–Trinajstić information content (AvgIpc) is 3.06. The molecule has 130 valence electrons. The zero-order valence-corrected chi connectivity index (χ0v) is 17.0. The number of carbonyl (C=O) groups is 1. The molecular formula is C16H27IN4OS. The molecule has 0 atom stereocenters. The third-order valence-corrected chi connectivity index (χ3v) is 4.89. The van der Waals surface area contributed by atoms with Crippen LogP contribution in [0, 0.1) is 5.92 Å². The van der Waals surface area contributed by atoms with Crippen LogP contribution in [-0.4, -0.2) is 50.5 Å². The minimum Gasteiger partial charge on any atom is -0.359 e. The summed E-state index contributed by atoms with van der Waals surface area (Å²) in [6.45, 7) is 2.85. The van der Waals surface area contributed by atoms with Crippen molar-refractivity contribution in [2.45, 2.75) is 25.7 Å². The van der Waals surface area contributed by atoms with E-state index in [1.165, 1.54) is 5.56 Å². The van der Waals surface area contributed by atoms with Gasteiger partial charge in [-0.25, -0.2) is 0 Å². The predicted octanol–water partition coefficient (Wildman–Crippen LogP) is 2.33. The molecule has 1 saturated heterocycles. The lowest BCUT2D eigenvalue weighted by Crippen LogP contribution is -2.46. The van der Waals surface area contributed by atoms with Crippen LogP contribution in [0.3, 0.4) is 0 Å². The van der Waals surface area contributed by atoms with Crippen molar-refractivity contribution >= 4 is 47.2 Å². The van der Waals surface area contributed by atoms with Crippen molar-refractivity contribution in [3.63, 3.8) is 0 Å². The van der Waals surface area contributed by atoms with Gasteiger partial charge >= 0.3 is 0 Å². The number of amides is 1. The molecule has 0 radical (unpaired) electrons. The quantitative estimate of drug-likeness (QED) is 0.412. The molecule has 0 bridgehead atoms. The first-order valence-electron chi connectivity index (χ1n) is 7.90. The smallest absolute Gasteiger partial charge is 0.220 e. The van der Waals surface area contributed by atoms with Crippen LogP contribution < -0.4 is 10.6 Å². The summed E-state index contributed by atoms with van der Waals surface area (Å²) in [7, 11) is 3.54. The Balaban J connectivity index is 0.00000264. The van der Waals surface area contributed by atoms with Gasteiger partial charge in [-0.3, -0.25) is 9.79 Å². The fraction of sp³-hybridized carbons (Fsp3) is 0.625. The molecule has 0 unspecified atom stereocenters. The summed E-state index contributed by atoms with van der Waals surface area (Å²) in [4.78, 5) is 18.1. The van der Waals surface area contributed by atoms with Crippen molar-refractivity contribution < 1.29 is 4.79 Å². The number of piperidine rings is 1. The Labute approximate surface area is 160 Å². The van der Waals surface area contributed by atoms with Crippen LogP contribution >= 0.6 is 35.3 Å². The van der Waals surface area contributed by atoms with E-state index in [4.69, 9.17) is 0 Å². The Morgan fingerprint density at radius 3 is 2.74 bits per heavy atom. The number of carbonyl (C=O) groups excluding carboxylic acids is 1. The Hall–Kier alpha value is -0.830. The number of hydrogen-bond donors (Lipinski definition) is 2. The first-order chi connectivity index (χ1) is 10.7. The average molecular weight is 450 g/mol. The zero-order chi connectivity index (χ0) is 15.8. The van der Waals surface area contributed by atoms with Crippen LogP contribution in [0.25, 0.3) is 0 Å². The molecule has 0 spiro atoms. The van der Waals surface area contributed by atoms with E-state index >= 15 is 0 Å². The van der Waals surface area contributed by atoms with Crippen molar-refractivity contribution in [3.8, 4) is 0 Å². The second-order valence-electron chi connectivity index (χ2n) is 5.66. The first-order valence-corrected chi connectivity index (χ1v) is 8.84. The fourth-order valence-corrected chi connectivity index (χ4v) is 3.50. The van der Waals surface area contributed by atoms with Crippen LogP contribution in [-0.2, 0) is 11.2 Å². The molecular weight excluding hydrogens is 423 g/mol. The van der Waals surface area contributed by atoms with Gasteiger partial charge in [0.05, 0.1) is 0 Å². The number of thiophene rings is 1. The Morgan fingerprint density at radius 2 is 2.17 bits per heavy atom. The van der Waals surface area contributed by atoms with E-state index < -0.39 is 0 Å². The molecule has 1 aromatic heterocycles. The van der Waals surface area contributed by atoms with Gasteiger partial charge in [-0.2, -0.15) is 11.3 Å². The van der Waals surface area contributed by atoms with E-state index in [0.29, 0.717) is 12.3 Å². The topological polar surface area (TPSA) is 56.7 Å². The van der Waals surface area contributed by atoms with Gasteiger partial charge in [-0.05, 0) is 47.6 Å². The van der Waals surface area contributed by atoms with E-state index in [-0.39, 0.29) is 29.9 Å². The standard InChI is InChI=1S/C16H26N4OS.HI/c1-17-15(21)11-13-4-8-20(9-5-13)16(18-2)19-7-3-14-6-10-22-12-14;/h6,10,12-13H,3-5,7-9,11H2,1-2H3,(H,17,21)(H,18,19);1H. The highest BCUT2D eigenvalue weighted by molar-refractivity contribution is 14.0. The van der Waals surface area contributed by atoms with E-state index in [1.54, 1.807) is 18.4 Å². The van der Waals surface area contributed by atoms with Gasteiger partial charge in [0.25, 0.3) is 0 Å². The molecule has 5 nitrogen and oxygen atoms in total. The number of rotatable bonds is 5. The fourth-order valence-electron chi connectivity index (χ4n) is 2.80. The lowest BCUT2D eigenvalue weighted by molar-refractivity contribution is -0.121. The van der Waals surface area contributed by atoms with Crippen molar-refractivity contribution in [2.75, 3.05) is 33.7 Å². The zero-order valence-electron chi connectivity index (χ0n) is 13.9. The van der Waals surface area contributed by atoms with Crippen molar-refractivity contribution in [2.24, 2.45) is 10.9 Å². The molecule has 2 heterocycles. The van der Waals surface area contributed by atoms with Crippen LogP contribution in [0.2, 0.25) is 0 Å². The van der Waals surface area contributed by atoms with Gasteiger partial charge in [0, 0.05) is 40.2 Å². The lowest BCUT2D eigenvalue weighted by atomic mass is 9.93. The van der Waals surface area contributed by atoms with Crippen LogP contribution in [0.1, 0.15) is 24.8 Å². The number of nitrogens with zero attached hydrogens (tertiary/aromatic N) is 2. The molecule has 2 rings (SSSR count). The number of likely N-dealkylation sites (tertiary alicyclic amines) is 1. The maximum atomic E-state index is 11.4. The Morgan fingerprint density at radius 1 is 1.43 bits per heavy atom. The van der Waals surface area contributed by atoms with Crippen LogP contribution in [0.15, 0.2) is 21.8 Å². The largest absolute Gasteiger partial charge is 0.359 e. The Kier molecular flexibility index (Phi) is 9.54. The predicted molar refractivity (Wildman–Crippen MR) is 108 cm³/mol. The van der Waals surface area contributed by atoms with Gasteiger partial charge in [0.15, 0.2) is 5.96 Å². The third kappa shape index (κ3) is 6.66. The van der Waals surface area contributed by atoms with Gasteiger partial charge in [0.2, 0.25) is 5.91 Å². The molecule has 0 aromatic carbocycles. The summed E-state index contributed by atoms with van der Waals surface area (Å²) < 4.78 is 0. The number of halogens is 1. The van der Waals surface area contributed by atoms with Gasteiger partial charge < -0.3 is 15.5 Å². The number of nitrogens with one attached hydrogen (secondary N) is 2. The summed E-state index contributed by atoms with van der Waals surface area (Å²) >= 11 is 1.74. The van der Waals surface area contributed by atoms with Crippen LogP contribution in [0.4, 0.5) is 0 Å². The highest BCUT2D eigenvalue weighted by Gasteiger charge is 2.22. The summed E-state index contributed by atoms with van der Waals surface area (Å²) in [5, 5.41) is 10.5. The number of hydrogen-bond acceptors (Lipinski definition) is 3. The molecule has 23 heavy (non-hydrogen) atoms. The molecule has 7 heteroatoms. The molecule has 1 aromatic rings. The highest BCUT2D eigenvalue weighted by Crippen LogP contribution is 2.20. The molecule has 1 aliphatic heterocycles. The number of aliphatic imine (C=N–C) groups is 1. The molecule has 1 aliphatic rings. The molecule has 1 amide bonds.